The van der Waals surface area contributed by atoms with Crippen molar-refractivity contribution >= 4 is 22.8 Å². The van der Waals surface area contributed by atoms with Gasteiger partial charge in [0.25, 0.3) is 5.91 Å². The summed E-state index contributed by atoms with van der Waals surface area (Å²) >= 11 is 0. The summed E-state index contributed by atoms with van der Waals surface area (Å²) in [5.74, 6) is -0.918. The van der Waals surface area contributed by atoms with Crippen LogP contribution in [0.25, 0.3) is 11.0 Å². The summed E-state index contributed by atoms with van der Waals surface area (Å²) in [5.41, 5.74) is 3.70. The first-order valence-corrected chi connectivity index (χ1v) is 7.28. The minimum atomic E-state index is -0.499. The number of esters is 1. The van der Waals surface area contributed by atoms with Crippen LogP contribution in [0, 0.1) is 25.2 Å². The maximum Gasteiger partial charge on any atom is 0.310 e. The third kappa shape index (κ3) is 4.33. The molecule has 1 amide bonds. The van der Waals surface area contributed by atoms with E-state index in [1.165, 1.54) is 6.26 Å². The van der Waals surface area contributed by atoms with Crippen molar-refractivity contribution < 1.29 is 18.7 Å². The van der Waals surface area contributed by atoms with Gasteiger partial charge in [-0.2, -0.15) is 5.26 Å². The van der Waals surface area contributed by atoms with Crippen molar-refractivity contribution in [2.24, 2.45) is 0 Å². The van der Waals surface area contributed by atoms with Crippen LogP contribution in [-0.4, -0.2) is 25.0 Å². The van der Waals surface area contributed by atoms with Crippen LogP contribution < -0.4 is 5.32 Å². The predicted molar refractivity (Wildman–Crippen MR) is 83.6 cm³/mol. The van der Waals surface area contributed by atoms with Crippen molar-refractivity contribution in [1.29, 1.82) is 5.26 Å². The Balaban J connectivity index is 1.92. The van der Waals surface area contributed by atoms with Gasteiger partial charge in [0.1, 0.15) is 5.58 Å². The van der Waals surface area contributed by atoms with E-state index >= 15 is 0 Å². The number of rotatable bonds is 6. The second-order valence-electron chi connectivity index (χ2n) is 5.29. The van der Waals surface area contributed by atoms with E-state index in [-0.39, 0.29) is 26.0 Å². The maximum absolute atomic E-state index is 11.8. The number of hydrogen-bond donors (Lipinski definition) is 1. The van der Waals surface area contributed by atoms with Crippen LogP contribution in [0.2, 0.25) is 0 Å². The Morgan fingerprint density at radius 3 is 2.78 bits per heavy atom. The average Bonchev–Trinajstić information content (AvgIpc) is 2.88. The number of amides is 1. The highest BCUT2D eigenvalue weighted by molar-refractivity contribution is 5.87. The van der Waals surface area contributed by atoms with Crippen LogP contribution in [0.1, 0.15) is 23.1 Å². The molecule has 1 heterocycles. The zero-order valence-electron chi connectivity index (χ0n) is 13.1. The van der Waals surface area contributed by atoms with Gasteiger partial charge in [-0.3, -0.25) is 9.59 Å². The Labute approximate surface area is 134 Å². The molecule has 120 valence electrons. The molecular weight excluding hydrogens is 296 g/mol. The number of furan rings is 1. The fraction of sp³-hybridized carbons (Fsp3) is 0.353. The first kappa shape index (κ1) is 16.6. The van der Waals surface area contributed by atoms with Gasteiger partial charge in [0.15, 0.2) is 6.61 Å². The molecule has 0 aliphatic heterocycles. The van der Waals surface area contributed by atoms with Gasteiger partial charge in [0, 0.05) is 17.5 Å². The van der Waals surface area contributed by atoms with Gasteiger partial charge >= 0.3 is 5.97 Å². The average molecular weight is 314 g/mol. The Bertz CT molecular complexity index is 771. The van der Waals surface area contributed by atoms with E-state index in [9.17, 15) is 9.59 Å². The first-order valence-electron chi connectivity index (χ1n) is 7.28. The molecule has 0 saturated carbocycles. The minimum Gasteiger partial charge on any atom is -0.464 e. The molecule has 0 atom stereocenters. The molecule has 0 unspecified atom stereocenters. The normalized spacial score (nSPS) is 10.3. The van der Waals surface area contributed by atoms with E-state index < -0.39 is 11.9 Å². The standard InChI is InChI=1S/C17H18N2O4/c1-11-6-14-13(9-22-15(14)7-12(11)2)8-17(21)23-10-16(20)19-5-3-4-18/h6-7,9H,3,5,8,10H2,1-2H3,(H,19,20). The van der Waals surface area contributed by atoms with Crippen LogP contribution in [0.4, 0.5) is 0 Å². The van der Waals surface area contributed by atoms with E-state index in [1.807, 2.05) is 32.0 Å². The topological polar surface area (TPSA) is 92.3 Å². The highest BCUT2D eigenvalue weighted by Gasteiger charge is 2.13. The van der Waals surface area contributed by atoms with Crippen LogP contribution in [0.15, 0.2) is 22.8 Å². The summed E-state index contributed by atoms with van der Waals surface area (Å²) in [6, 6.07) is 5.82. The summed E-state index contributed by atoms with van der Waals surface area (Å²) in [6.07, 6.45) is 1.80. The summed E-state index contributed by atoms with van der Waals surface area (Å²) < 4.78 is 10.4. The lowest BCUT2D eigenvalue weighted by molar-refractivity contribution is -0.147. The number of benzene rings is 1. The van der Waals surface area contributed by atoms with Crippen molar-refractivity contribution in [3.05, 3.63) is 35.1 Å². The fourth-order valence-electron chi connectivity index (χ4n) is 2.13. The van der Waals surface area contributed by atoms with Gasteiger partial charge < -0.3 is 14.5 Å². The van der Waals surface area contributed by atoms with Crippen molar-refractivity contribution in [2.45, 2.75) is 26.7 Å². The molecule has 2 rings (SSSR count). The third-order valence-corrected chi connectivity index (χ3v) is 3.53. The monoisotopic (exact) mass is 314 g/mol. The molecule has 0 saturated heterocycles. The minimum absolute atomic E-state index is 0.0426. The molecular formula is C17H18N2O4. The van der Waals surface area contributed by atoms with Gasteiger partial charge in [-0.15, -0.1) is 0 Å². The van der Waals surface area contributed by atoms with E-state index in [0.29, 0.717) is 0 Å². The predicted octanol–water partition coefficient (Wildman–Crippen LogP) is 2.17. The lowest BCUT2D eigenvalue weighted by Crippen LogP contribution is -2.29. The molecule has 0 radical (unpaired) electrons. The summed E-state index contributed by atoms with van der Waals surface area (Å²) in [7, 11) is 0. The first-order chi connectivity index (χ1) is 11.0. The second-order valence-corrected chi connectivity index (χ2v) is 5.29. The van der Waals surface area contributed by atoms with Crippen molar-refractivity contribution in [3.63, 3.8) is 0 Å². The Kier molecular flexibility index (Phi) is 5.36. The smallest absolute Gasteiger partial charge is 0.310 e. The molecule has 6 heteroatoms. The molecule has 0 spiro atoms. The molecule has 1 aromatic carbocycles. The molecule has 0 bridgehead atoms. The third-order valence-electron chi connectivity index (χ3n) is 3.53. The quantitative estimate of drug-likeness (QED) is 0.651. The maximum atomic E-state index is 11.8. The zero-order valence-corrected chi connectivity index (χ0v) is 13.1. The van der Waals surface area contributed by atoms with E-state index in [4.69, 9.17) is 14.4 Å². The number of aryl methyl sites for hydroxylation is 2. The molecule has 1 aromatic heterocycles. The van der Waals surface area contributed by atoms with Gasteiger partial charge in [-0.1, -0.05) is 0 Å². The highest BCUT2D eigenvalue weighted by Crippen LogP contribution is 2.25. The Morgan fingerprint density at radius 2 is 2.04 bits per heavy atom. The van der Waals surface area contributed by atoms with Gasteiger partial charge in [0.05, 0.1) is 25.2 Å². The lowest BCUT2D eigenvalue weighted by Gasteiger charge is -2.05. The van der Waals surface area contributed by atoms with Crippen LogP contribution in [-0.2, 0) is 20.7 Å². The van der Waals surface area contributed by atoms with Crippen LogP contribution in [0.3, 0.4) is 0 Å². The van der Waals surface area contributed by atoms with Crippen molar-refractivity contribution in [2.75, 3.05) is 13.2 Å². The van der Waals surface area contributed by atoms with Crippen LogP contribution >= 0.6 is 0 Å². The summed E-state index contributed by atoms with van der Waals surface area (Å²) in [4.78, 5) is 23.2. The molecule has 1 N–H and O–H groups in total. The Morgan fingerprint density at radius 1 is 1.30 bits per heavy atom. The fourth-order valence-corrected chi connectivity index (χ4v) is 2.13. The van der Waals surface area contributed by atoms with Gasteiger partial charge in [-0.05, 0) is 37.1 Å². The van der Waals surface area contributed by atoms with E-state index in [1.54, 1.807) is 0 Å². The van der Waals surface area contributed by atoms with Crippen LogP contribution in [0.5, 0.6) is 0 Å². The number of ether oxygens (including phenoxy) is 1. The lowest BCUT2D eigenvalue weighted by atomic mass is 10.0. The van der Waals surface area contributed by atoms with Gasteiger partial charge in [-0.25, -0.2) is 0 Å². The van der Waals surface area contributed by atoms with Crippen molar-refractivity contribution in [3.8, 4) is 6.07 Å². The second kappa shape index (κ2) is 7.45. The molecule has 0 aliphatic carbocycles. The highest BCUT2D eigenvalue weighted by atomic mass is 16.5. The number of nitriles is 1. The largest absolute Gasteiger partial charge is 0.464 e. The summed E-state index contributed by atoms with van der Waals surface area (Å²) in [6.45, 7) is 3.89. The number of nitrogens with zero attached hydrogens (tertiary/aromatic N) is 1. The molecule has 6 nitrogen and oxygen atoms in total. The number of carbonyl (C=O) groups excluding carboxylic acids is 2. The number of nitrogens with one attached hydrogen (secondary N) is 1. The molecule has 23 heavy (non-hydrogen) atoms. The molecule has 0 aliphatic rings. The van der Waals surface area contributed by atoms with E-state index in [2.05, 4.69) is 5.32 Å². The SMILES string of the molecule is Cc1cc2occ(CC(=O)OCC(=O)NCCC#N)c2cc1C. The number of hydrogen-bond acceptors (Lipinski definition) is 5. The van der Waals surface area contributed by atoms with Crippen molar-refractivity contribution in [1.82, 2.24) is 5.32 Å². The molecule has 2 aromatic rings. The van der Waals surface area contributed by atoms with Gasteiger partial charge in [0.2, 0.25) is 0 Å². The number of carbonyl (C=O) groups is 2. The molecule has 0 fully saturated rings. The zero-order chi connectivity index (χ0) is 16.8. The van der Waals surface area contributed by atoms with E-state index in [0.717, 1.165) is 27.7 Å². The summed E-state index contributed by atoms with van der Waals surface area (Å²) in [5, 5.41) is 11.7. The number of fused-ring (bicyclic) bond motifs is 1. The Hall–Kier alpha value is -2.81.